The number of rotatable bonds is 3. The van der Waals surface area contributed by atoms with Gasteiger partial charge in [-0.2, -0.15) is 0 Å². The first-order chi connectivity index (χ1) is 8.26. The number of ether oxygens (including phenoxy) is 1. The highest BCUT2D eigenvalue weighted by atomic mass is 35.5. The number of esters is 1. The van der Waals surface area contributed by atoms with Gasteiger partial charge in [0, 0.05) is 23.0 Å². The number of aromatic amines is 1. The van der Waals surface area contributed by atoms with Crippen LogP contribution in [0.4, 0.5) is 0 Å². The second kappa shape index (κ2) is 5.06. The van der Waals surface area contributed by atoms with Crippen molar-refractivity contribution in [1.29, 1.82) is 0 Å². The molecule has 4 heteroatoms. The maximum Gasteiger partial charge on any atom is 0.340 e. The van der Waals surface area contributed by atoms with E-state index in [2.05, 4.69) is 4.98 Å². The number of H-pyrrole nitrogens is 1. The topological polar surface area (TPSA) is 42.1 Å². The summed E-state index contributed by atoms with van der Waals surface area (Å²) in [5.74, 6) is 0.129. The quantitative estimate of drug-likeness (QED) is 0.670. The molecule has 0 saturated heterocycles. The zero-order chi connectivity index (χ0) is 12.3. The van der Waals surface area contributed by atoms with Crippen LogP contribution < -0.4 is 0 Å². The van der Waals surface area contributed by atoms with Crippen LogP contribution in [0.3, 0.4) is 0 Å². The molecule has 0 unspecified atom stereocenters. The van der Waals surface area contributed by atoms with Gasteiger partial charge in [0.1, 0.15) is 0 Å². The Morgan fingerprint density at radius 3 is 3.06 bits per heavy atom. The van der Waals surface area contributed by atoms with Crippen LogP contribution in [-0.2, 0) is 4.74 Å². The minimum absolute atomic E-state index is 0.338. The molecule has 1 aromatic heterocycles. The van der Waals surface area contributed by atoms with Crippen LogP contribution in [0.5, 0.6) is 0 Å². The monoisotopic (exact) mass is 249 g/mol. The molecule has 0 bridgehead atoms. The molecular weight excluding hydrogens is 238 g/mol. The molecule has 0 atom stereocenters. The number of carbonyl (C=O) groups excluding carboxylic acids is 1. The lowest BCUT2D eigenvalue weighted by atomic mass is 10.1. The zero-order valence-corrected chi connectivity index (χ0v) is 10.1. The standard InChI is InChI=1S/C13H12ClNO2/c1-17-13(16)11-8-15-12-5-4-9(3-2-6-14)7-10(11)12/h2-5,7-8,15H,6H2,1H3. The smallest absolute Gasteiger partial charge is 0.340 e. The third-order valence-electron chi connectivity index (χ3n) is 2.51. The first-order valence-corrected chi connectivity index (χ1v) is 5.71. The van der Waals surface area contributed by atoms with E-state index < -0.39 is 0 Å². The van der Waals surface area contributed by atoms with Crippen molar-refractivity contribution in [1.82, 2.24) is 4.98 Å². The number of hydrogen-bond donors (Lipinski definition) is 1. The van der Waals surface area contributed by atoms with Crippen molar-refractivity contribution in [2.24, 2.45) is 0 Å². The molecule has 0 fully saturated rings. The van der Waals surface area contributed by atoms with Crippen LogP contribution in [0.15, 0.2) is 30.5 Å². The van der Waals surface area contributed by atoms with Gasteiger partial charge < -0.3 is 9.72 Å². The van der Waals surface area contributed by atoms with Crippen LogP contribution in [0.25, 0.3) is 17.0 Å². The summed E-state index contributed by atoms with van der Waals surface area (Å²) in [6, 6.07) is 5.82. The first kappa shape index (κ1) is 11.7. The molecule has 0 aliphatic heterocycles. The van der Waals surface area contributed by atoms with E-state index in [9.17, 15) is 4.79 Å². The van der Waals surface area contributed by atoms with Gasteiger partial charge in [0.15, 0.2) is 0 Å². The van der Waals surface area contributed by atoms with E-state index in [-0.39, 0.29) is 5.97 Å². The van der Waals surface area contributed by atoms with Crippen molar-refractivity contribution in [2.45, 2.75) is 0 Å². The van der Waals surface area contributed by atoms with Crippen LogP contribution in [-0.4, -0.2) is 23.9 Å². The lowest BCUT2D eigenvalue weighted by molar-refractivity contribution is 0.0603. The Morgan fingerprint density at radius 2 is 2.35 bits per heavy atom. The number of aromatic nitrogens is 1. The molecule has 0 aliphatic carbocycles. The molecule has 0 radical (unpaired) electrons. The Balaban J connectivity index is 2.50. The van der Waals surface area contributed by atoms with Crippen molar-refractivity contribution in [3.63, 3.8) is 0 Å². The summed E-state index contributed by atoms with van der Waals surface area (Å²) in [7, 11) is 1.37. The molecule has 0 amide bonds. The van der Waals surface area contributed by atoms with Crippen molar-refractivity contribution in [3.8, 4) is 0 Å². The zero-order valence-electron chi connectivity index (χ0n) is 9.37. The van der Waals surface area contributed by atoms with Crippen LogP contribution in [0.1, 0.15) is 15.9 Å². The maximum absolute atomic E-state index is 11.5. The van der Waals surface area contributed by atoms with Gasteiger partial charge in [-0.05, 0) is 17.7 Å². The second-order valence-corrected chi connectivity index (χ2v) is 3.86. The lowest BCUT2D eigenvalue weighted by Crippen LogP contribution is -1.99. The lowest BCUT2D eigenvalue weighted by Gasteiger charge is -1.98. The van der Waals surface area contributed by atoms with E-state index in [0.717, 1.165) is 16.5 Å². The summed E-state index contributed by atoms with van der Waals surface area (Å²) in [6.45, 7) is 0. The minimum Gasteiger partial charge on any atom is -0.465 e. The molecule has 1 heterocycles. The molecule has 2 aromatic rings. The average Bonchev–Trinajstić information content (AvgIpc) is 2.78. The van der Waals surface area contributed by atoms with E-state index >= 15 is 0 Å². The first-order valence-electron chi connectivity index (χ1n) is 5.18. The van der Waals surface area contributed by atoms with Crippen molar-refractivity contribution < 1.29 is 9.53 Å². The fourth-order valence-electron chi connectivity index (χ4n) is 1.70. The van der Waals surface area contributed by atoms with Gasteiger partial charge in [0.25, 0.3) is 0 Å². The molecular formula is C13H12ClNO2. The fraction of sp³-hybridized carbons (Fsp3) is 0.154. The number of alkyl halides is 1. The predicted octanol–water partition coefficient (Wildman–Crippen LogP) is 3.21. The highest BCUT2D eigenvalue weighted by Gasteiger charge is 2.11. The number of methoxy groups -OCH3 is 1. The average molecular weight is 250 g/mol. The Kier molecular flexibility index (Phi) is 3.49. The Bertz CT molecular complexity index is 572. The normalized spacial score (nSPS) is 11.2. The van der Waals surface area contributed by atoms with E-state index in [1.165, 1.54) is 7.11 Å². The molecule has 88 valence electrons. The third kappa shape index (κ3) is 2.34. The van der Waals surface area contributed by atoms with Crippen molar-refractivity contribution in [3.05, 3.63) is 41.6 Å². The van der Waals surface area contributed by atoms with Gasteiger partial charge in [-0.15, -0.1) is 11.6 Å². The second-order valence-electron chi connectivity index (χ2n) is 3.56. The molecule has 1 aromatic carbocycles. The molecule has 0 saturated carbocycles. The number of fused-ring (bicyclic) bond motifs is 1. The fourth-order valence-corrected chi connectivity index (χ4v) is 1.79. The summed E-state index contributed by atoms with van der Waals surface area (Å²) >= 11 is 5.59. The summed E-state index contributed by atoms with van der Waals surface area (Å²) in [5.41, 5.74) is 2.46. The Morgan fingerprint density at radius 1 is 1.53 bits per heavy atom. The van der Waals surface area contributed by atoms with E-state index in [4.69, 9.17) is 16.3 Å². The number of benzene rings is 1. The number of nitrogens with one attached hydrogen (secondary N) is 1. The Hall–Kier alpha value is -1.74. The molecule has 0 aliphatic rings. The van der Waals surface area contributed by atoms with Crippen LogP contribution in [0, 0.1) is 0 Å². The van der Waals surface area contributed by atoms with Crippen LogP contribution in [0.2, 0.25) is 0 Å². The summed E-state index contributed by atoms with van der Waals surface area (Å²) in [4.78, 5) is 14.6. The van der Waals surface area contributed by atoms with Gasteiger partial charge in [0.05, 0.1) is 12.7 Å². The Labute approximate surface area is 104 Å². The van der Waals surface area contributed by atoms with Crippen LogP contribution >= 0.6 is 11.6 Å². The highest BCUT2D eigenvalue weighted by molar-refractivity contribution is 6.19. The van der Waals surface area contributed by atoms with Gasteiger partial charge in [-0.1, -0.05) is 18.2 Å². The van der Waals surface area contributed by atoms with E-state index in [1.54, 1.807) is 6.20 Å². The highest BCUT2D eigenvalue weighted by Crippen LogP contribution is 2.21. The molecule has 1 N–H and O–H groups in total. The van der Waals surface area contributed by atoms with Crippen molar-refractivity contribution >= 4 is 34.5 Å². The van der Waals surface area contributed by atoms with Gasteiger partial charge >= 0.3 is 5.97 Å². The van der Waals surface area contributed by atoms with E-state index in [1.807, 2.05) is 30.4 Å². The number of carbonyl (C=O) groups is 1. The van der Waals surface area contributed by atoms with E-state index in [0.29, 0.717) is 11.4 Å². The molecule has 17 heavy (non-hydrogen) atoms. The summed E-state index contributed by atoms with van der Waals surface area (Å²) < 4.78 is 4.73. The summed E-state index contributed by atoms with van der Waals surface area (Å²) in [5, 5.41) is 0.855. The predicted molar refractivity (Wildman–Crippen MR) is 69.4 cm³/mol. The number of allylic oxidation sites excluding steroid dienone is 1. The number of hydrogen-bond acceptors (Lipinski definition) is 2. The van der Waals surface area contributed by atoms with Gasteiger partial charge in [-0.25, -0.2) is 4.79 Å². The van der Waals surface area contributed by atoms with Gasteiger partial charge in [0.2, 0.25) is 0 Å². The minimum atomic E-state index is -0.338. The number of halogens is 1. The largest absolute Gasteiger partial charge is 0.465 e. The third-order valence-corrected chi connectivity index (χ3v) is 2.69. The molecule has 2 rings (SSSR count). The SMILES string of the molecule is COC(=O)c1c[nH]c2ccc(C=CCCl)cc12. The maximum atomic E-state index is 11.5. The summed E-state index contributed by atoms with van der Waals surface area (Å²) in [6.07, 6.45) is 5.43. The van der Waals surface area contributed by atoms with Gasteiger partial charge in [-0.3, -0.25) is 0 Å². The molecule has 0 spiro atoms. The van der Waals surface area contributed by atoms with Crippen molar-refractivity contribution in [2.75, 3.05) is 13.0 Å². The molecule has 3 nitrogen and oxygen atoms in total.